The molecule has 0 atom stereocenters. The van der Waals surface area contributed by atoms with Gasteiger partial charge in [0.2, 0.25) is 5.95 Å². The van der Waals surface area contributed by atoms with Crippen LogP contribution in [0.4, 0.5) is 10.3 Å². The molecular weight excluding hydrogens is 285 g/mol. The van der Waals surface area contributed by atoms with Crippen molar-refractivity contribution in [1.29, 1.82) is 0 Å². The highest BCUT2D eigenvalue weighted by atomic mass is 19.1. The predicted octanol–water partition coefficient (Wildman–Crippen LogP) is 1.71. The molecule has 2 aromatic rings. The fraction of sp³-hybridized carbons (Fsp3) is 0.267. The van der Waals surface area contributed by atoms with Crippen LogP contribution in [0, 0.1) is 5.82 Å². The van der Waals surface area contributed by atoms with E-state index in [2.05, 4.69) is 15.3 Å². The van der Waals surface area contributed by atoms with E-state index in [1.165, 1.54) is 24.5 Å². The highest BCUT2D eigenvalue weighted by molar-refractivity contribution is 5.93. The van der Waals surface area contributed by atoms with Gasteiger partial charge in [0, 0.05) is 12.4 Å². The number of rotatable bonds is 4. The van der Waals surface area contributed by atoms with Crippen LogP contribution in [-0.4, -0.2) is 15.9 Å². The number of amides is 1. The molecule has 1 aromatic carbocycles. The van der Waals surface area contributed by atoms with E-state index < -0.39 is 5.91 Å². The van der Waals surface area contributed by atoms with Crippen LogP contribution in [0.25, 0.3) is 0 Å². The van der Waals surface area contributed by atoms with Crippen LogP contribution >= 0.6 is 0 Å². The van der Waals surface area contributed by atoms with Gasteiger partial charge in [-0.05, 0) is 37.0 Å². The summed E-state index contributed by atoms with van der Waals surface area (Å²) in [6.45, 7) is 0. The Labute approximate surface area is 126 Å². The number of nitrogen functional groups attached to an aromatic ring is 1. The number of carbonyl (C=O) groups is 1. The molecule has 1 fully saturated rings. The van der Waals surface area contributed by atoms with Gasteiger partial charge in [0.15, 0.2) is 0 Å². The molecule has 22 heavy (non-hydrogen) atoms. The Morgan fingerprint density at radius 3 is 2.32 bits per heavy atom. The summed E-state index contributed by atoms with van der Waals surface area (Å²) in [4.78, 5) is 19.6. The van der Waals surface area contributed by atoms with E-state index in [4.69, 9.17) is 5.84 Å². The van der Waals surface area contributed by atoms with Gasteiger partial charge < -0.3 is 5.32 Å². The number of aromatic nitrogens is 2. The lowest BCUT2D eigenvalue weighted by Gasteiger charge is -2.43. The van der Waals surface area contributed by atoms with Crippen molar-refractivity contribution in [3.63, 3.8) is 0 Å². The Bertz CT molecular complexity index is 667. The molecule has 1 saturated carbocycles. The van der Waals surface area contributed by atoms with E-state index in [0.717, 1.165) is 24.8 Å². The Morgan fingerprint density at radius 2 is 1.82 bits per heavy atom. The third-order valence-corrected chi connectivity index (χ3v) is 4.00. The van der Waals surface area contributed by atoms with Gasteiger partial charge in [-0.3, -0.25) is 10.2 Å². The van der Waals surface area contributed by atoms with E-state index in [1.54, 1.807) is 12.1 Å². The van der Waals surface area contributed by atoms with Crippen molar-refractivity contribution in [2.24, 2.45) is 5.84 Å². The number of hydrogen-bond acceptors (Lipinski definition) is 5. The molecule has 0 radical (unpaired) electrons. The molecule has 114 valence electrons. The Morgan fingerprint density at radius 1 is 1.18 bits per heavy atom. The minimum absolute atomic E-state index is 0.258. The number of anilines is 1. The Balaban J connectivity index is 1.81. The van der Waals surface area contributed by atoms with Crippen LogP contribution in [0.5, 0.6) is 0 Å². The monoisotopic (exact) mass is 301 g/mol. The van der Waals surface area contributed by atoms with E-state index in [0.29, 0.717) is 5.95 Å². The number of halogens is 1. The largest absolute Gasteiger partial charge is 0.345 e. The van der Waals surface area contributed by atoms with Gasteiger partial charge in [-0.15, -0.1) is 0 Å². The molecular formula is C15H16FN5O. The third kappa shape index (κ3) is 2.62. The maximum absolute atomic E-state index is 13.1. The van der Waals surface area contributed by atoms with Crippen LogP contribution in [0.2, 0.25) is 0 Å². The summed E-state index contributed by atoms with van der Waals surface area (Å²) in [5, 5.41) is 3.30. The highest BCUT2D eigenvalue weighted by Crippen LogP contribution is 2.43. The van der Waals surface area contributed by atoms with Gasteiger partial charge in [-0.2, -0.15) is 0 Å². The van der Waals surface area contributed by atoms with Crippen molar-refractivity contribution in [3.8, 4) is 0 Å². The molecule has 0 spiro atoms. The summed E-state index contributed by atoms with van der Waals surface area (Å²) in [6.07, 6.45) is 5.75. The Kier molecular flexibility index (Phi) is 3.72. The molecule has 0 saturated heterocycles. The first-order chi connectivity index (χ1) is 10.6. The number of carbonyl (C=O) groups excluding carboxylic acids is 1. The molecule has 1 amide bonds. The summed E-state index contributed by atoms with van der Waals surface area (Å²) in [6, 6.07) is 6.45. The molecule has 0 bridgehead atoms. The van der Waals surface area contributed by atoms with Gasteiger partial charge in [0.05, 0.1) is 11.1 Å². The minimum Gasteiger partial charge on any atom is -0.345 e. The number of nitrogens with one attached hydrogen (secondary N) is 2. The summed E-state index contributed by atoms with van der Waals surface area (Å²) < 4.78 is 13.1. The van der Waals surface area contributed by atoms with Crippen molar-refractivity contribution in [2.45, 2.75) is 24.8 Å². The van der Waals surface area contributed by atoms with E-state index in [9.17, 15) is 9.18 Å². The van der Waals surface area contributed by atoms with Crippen molar-refractivity contribution in [3.05, 3.63) is 53.6 Å². The minimum atomic E-state index is -0.441. The molecule has 1 aromatic heterocycles. The van der Waals surface area contributed by atoms with Crippen LogP contribution in [0.3, 0.4) is 0 Å². The summed E-state index contributed by atoms with van der Waals surface area (Å²) >= 11 is 0. The molecule has 7 heteroatoms. The first kappa shape index (κ1) is 14.4. The number of nitrogens with zero attached hydrogens (tertiary/aromatic N) is 2. The second-order valence-corrected chi connectivity index (χ2v) is 5.34. The fourth-order valence-electron chi connectivity index (χ4n) is 2.59. The number of nitrogens with two attached hydrogens (primary N) is 1. The Hall–Kier alpha value is -2.54. The summed E-state index contributed by atoms with van der Waals surface area (Å²) in [5.41, 5.74) is 3.05. The average molecular weight is 301 g/mol. The van der Waals surface area contributed by atoms with Gasteiger partial charge >= 0.3 is 0 Å². The molecule has 0 aliphatic heterocycles. The van der Waals surface area contributed by atoms with Crippen LogP contribution in [0.15, 0.2) is 36.7 Å². The van der Waals surface area contributed by atoms with Crippen molar-refractivity contribution in [1.82, 2.24) is 15.4 Å². The lowest BCUT2D eigenvalue weighted by molar-refractivity contribution is 0.0953. The number of benzene rings is 1. The predicted molar refractivity (Wildman–Crippen MR) is 79.2 cm³/mol. The van der Waals surface area contributed by atoms with Gasteiger partial charge in [-0.25, -0.2) is 20.2 Å². The molecule has 3 rings (SSSR count). The van der Waals surface area contributed by atoms with E-state index >= 15 is 0 Å². The first-order valence-electron chi connectivity index (χ1n) is 7.00. The number of hydrazine groups is 1. The van der Waals surface area contributed by atoms with Gasteiger partial charge in [-0.1, -0.05) is 12.1 Å². The van der Waals surface area contributed by atoms with Crippen molar-refractivity contribution < 1.29 is 9.18 Å². The maximum Gasteiger partial charge on any atom is 0.268 e. The zero-order valence-corrected chi connectivity index (χ0v) is 11.8. The zero-order valence-electron chi connectivity index (χ0n) is 11.8. The van der Waals surface area contributed by atoms with Crippen LogP contribution < -0.4 is 16.6 Å². The summed E-state index contributed by atoms with van der Waals surface area (Å²) in [5.74, 6) is 4.79. The van der Waals surface area contributed by atoms with Gasteiger partial charge in [0.25, 0.3) is 5.91 Å². The molecule has 1 heterocycles. The van der Waals surface area contributed by atoms with Gasteiger partial charge in [0.1, 0.15) is 5.82 Å². The smallest absolute Gasteiger partial charge is 0.268 e. The first-order valence-corrected chi connectivity index (χ1v) is 7.00. The molecule has 6 nitrogen and oxygen atoms in total. The molecule has 0 unspecified atom stereocenters. The lowest BCUT2D eigenvalue weighted by Crippen LogP contribution is -2.42. The van der Waals surface area contributed by atoms with Crippen molar-refractivity contribution >= 4 is 11.9 Å². The SMILES string of the molecule is NNC(=O)c1cnc(NC2(c3ccc(F)cc3)CCC2)nc1. The third-order valence-electron chi connectivity index (χ3n) is 4.00. The molecule has 4 N–H and O–H groups in total. The second kappa shape index (κ2) is 5.69. The fourth-order valence-corrected chi connectivity index (χ4v) is 2.59. The quantitative estimate of drug-likeness (QED) is 0.454. The number of hydrogen-bond donors (Lipinski definition) is 3. The second-order valence-electron chi connectivity index (χ2n) is 5.34. The maximum atomic E-state index is 13.1. The summed E-state index contributed by atoms with van der Waals surface area (Å²) in [7, 11) is 0. The molecule has 1 aliphatic rings. The van der Waals surface area contributed by atoms with E-state index in [1.807, 2.05) is 5.43 Å². The van der Waals surface area contributed by atoms with E-state index in [-0.39, 0.29) is 16.9 Å². The lowest BCUT2D eigenvalue weighted by atomic mass is 9.72. The van der Waals surface area contributed by atoms with Crippen LogP contribution in [-0.2, 0) is 5.54 Å². The van der Waals surface area contributed by atoms with Crippen LogP contribution in [0.1, 0.15) is 35.2 Å². The topological polar surface area (TPSA) is 92.9 Å². The highest BCUT2D eigenvalue weighted by Gasteiger charge is 2.39. The zero-order chi connectivity index (χ0) is 15.6. The standard InChI is InChI=1S/C15H16FN5O/c16-12-4-2-11(3-5-12)15(6-1-7-15)20-14-18-8-10(9-19-14)13(22)21-17/h2-5,8-9H,1,6-7,17H2,(H,21,22)(H,18,19,20). The normalized spacial score (nSPS) is 15.7. The molecule has 1 aliphatic carbocycles. The average Bonchev–Trinajstić information content (AvgIpc) is 2.52. The van der Waals surface area contributed by atoms with Crippen molar-refractivity contribution in [2.75, 3.05) is 5.32 Å².